The van der Waals surface area contributed by atoms with Crippen molar-refractivity contribution in [1.82, 2.24) is 78.8 Å². The molecule has 16 heterocycles. The Labute approximate surface area is 779 Å². The zero-order valence-corrected chi connectivity index (χ0v) is 76.9. The van der Waals surface area contributed by atoms with Crippen molar-refractivity contribution in [1.29, 1.82) is 0 Å². The Morgan fingerprint density at radius 3 is 0.794 bits per heavy atom. The third-order valence-corrected chi connectivity index (χ3v) is 23.5. The molecule has 0 spiro atoms. The predicted octanol–water partition coefficient (Wildman–Crippen LogP) is 21.3. The molecular weight excluding hydrogens is 1720 g/mol. The number of esters is 2. The number of rotatable bonds is 22. The summed E-state index contributed by atoms with van der Waals surface area (Å²) >= 11 is 0. The number of pyridine rings is 8. The summed E-state index contributed by atoms with van der Waals surface area (Å²) < 4.78 is 50.2. The van der Waals surface area contributed by atoms with E-state index in [1.165, 1.54) is 14.2 Å². The summed E-state index contributed by atoms with van der Waals surface area (Å²) in [6, 6.07) is 56.3. The number of hydrogen-bond acceptors (Lipinski definition) is 24. The lowest BCUT2D eigenvalue weighted by Gasteiger charge is -2.07. The van der Waals surface area contributed by atoms with Crippen LogP contribution in [0.25, 0.3) is 133 Å². The quantitative estimate of drug-likeness (QED) is 0.0595. The fourth-order valence-corrected chi connectivity index (χ4v) is 16.8. The van der Waals surface area contributed by atoms with Gasteiger partial charge >= 0.3 is 23.9 Å². The molecule has 20 rings (SSSR count). The number of carbonyl (C=O) groups is 4. The zero-order chi connectivity index (χ0) is 95.3. The van der Waals surface area contributed by atoms with E-state index in [0.717, 1.165) is 213 Å². The molecule has 0 radical (unpaired) electrons. The summed E-state index contributed by atoms with van der Waals surface area (Å²) in [5.41, 5.74) is 32.6. The van der Waals surface area contributed by atoms with Crippen LogP contribution < -0.4 is 9.47 Å². The summed E-state index contributed by atoms with van der Waals surface area (Å²) in [7, 11) is 5.95. The van der Waals surface area contributed by atoms with E-state index in [9.17, 15) is 29.4 Å². The third-order valence-electron chi connectivity index (χ3n) is 23.5. The van der Waals surface area contributed by atoms with Crippen molar-refractivity contribution in [3.8, 4) is 101 Å². The molecule has 680 valence electrons. The van der Waals surface area contributed by atoms with Gasteiger partial charge in [-0.2, -0.15) is 0 Å². The van der Waals surface area contributed by atoms with Crippen molar-refractivity contribution >= 4 is 68.0 Å². The summed E-state index contributed by atoms with van der Waals surface area (Å²) in [4.78, 5) is 83.8. The van der Waals surface area contributed by atoms with Crippen LogP contribution in [0.1, 0.15) is 121 Å². The Kier molecular flexibility index (Phi) is 25.9. The van der Waals surface area contributed by atoms with Gasteiger partial charge in [-0.25, -0.2) is 29.1 Å². The van der Waals surface area contributed by atoms with Gasteiger partial charge in [-0.05, 0) is 200 Å². The number of fused-ring (bicyclic) bond motifs is 4. The van der Waals surface area contributed by atoms with Gasteiger partial charge in [0.25, 0.3) is 0 Å². The molecule has 0 unspecified atom stereocenters. The monoisotopic (exact) mass is 1810 g/mol. The minimum Gasteiger partial charge on any atom is -0.481 e. The molecule has 30 heteroatoms. The highest BCUT2D eigenvalue weighted by atomic mass is 16.5. The first-order valence-corrected chi connectivity index (χ1v) is 43.3. The molecule has 0 aliphatic rings. The molecule has 0 atom stereocenters. The van der Waals surface area contributed by atoms with Gasteiger partial charge in [0.2, 0.25) is 11.8 Å². The van der Waals surface area contributed by atoms with E-state index >= 15 is 0 Å². The minimum absolute atomic E-state index is 0.238. The summed E-state index contributed by atoms with van der Waals surface area (Å²) in [5, 5.41) is 34.8. The number of carbonyl (C=O) groups excluding carboxylic acids is 2. The van der Waals surface area contributed by atoms with Gasteiger partial charge in [-0.15, -0.1) is 0 Å². The molecule has 0 bridgehead atoms. The number of aryl methyl sites for hydroxylation is 10. The summed E-state index contributed by atoms with van der Waals surface area (Å²) in [6.45, 7) is 21.5. The molecule has 0 fully saturated rings. The highest BCUT2D eigenvalue weighted by molar-refractivity contribution is 6.01. The van der Waals surface area contributed by atoms with Crippen LogP contribution in [0.5, 0.6) is 11.8 Å². The number of methoxy groups -OCH3 is 4. The van der Waals surface area contributed by atoms with E-state index < -0.39 is 11.9 Å². The van der Waals surface area contributed by atoms with E-state index in [-0.39, 0.29) is 23.1 Å². The average Bonchev–Trinajstić information content (AvgIpc) is 1.63. The van der Waals surface area contributed by atoms with E-state index in [0.29, 0.717) is 49.1 Å². The Balaban J connectivity index is 0.000000126. The lowest BCUT2D eigenvalue weighted by molar-refractivity contribution is 0.0592. The van der Waals surface area contributed by atoms with Gasteiger partial charge in [0.1, 0.15) is 23.0 Å². The van der Waals surface area contributed by atoms with Crippen molar-refractivity contribution in [2.45, 2.75) is 95.4 Å². The summed E-state index contributed by atoms with van der Waals surface area (Å²) in [6.07, 6.45) is 19.3. The predicted molar refractivity (Wildman–Crippen MR) is 513 cm³/mol. The number of aromatic carboxylic acids is 2. The SMILES string of the molecule is COC(=O)c1ccc(-c2cn(Cc3ccc(C)cn3)c3cc(-c4c(C)noc4C)cnc23)cc1.COC(=O)c1ccc(-c2cn(Cc3cccc(OC)n3)c3cc(-c4c(C)noc4C)cnc23)cc1.COc1cccc(Cn2cc(-c3ccc(C(=O)O)cc3)c3ncc(-c4c(C)noc4C)cc32)n1.Cc1ccc(Cn2cc(-c3ccc(C(=O)O)cc3)c3ncc(-c4c(C)noc4C)cc32)nc1. The fraction of sp³-hybridized carbons (Fsp3) is 0.170. The first-order valence-electron chi connectivity index (χ1n) is 43.3. The molecule has 20 aromatic rings. The van der Waals surface area contributed by atoms with Crippen LogP contribution in [0.3, 0.4) is 0 Å². The Bertz CT molecular complexity index is 7800. The van der Waals surface area contributed by atoms with Crippen LogP contribution >= 0.6 is 0 Å². The lowest BCUT2D eigenvalue weighted by Crippen LogP contribution is -2.01. The number of carboxylic acid groups (broad SMARTS) is 2. The van der Waals surface area contributed by atoms with E-state index in [2.05, 4.69) is 102 Å². The van der Waals surface area contributed by atoms with Crippen LogP contribution in [0, 0.1) is 69.2 Å². The fourth-order valence-electron chi connectivity index (χ4n) is 16.8. The van der Waals surface area contributed by atoms with Gasteiger partial charge in [0.05, 0.1) is 167 Å². The van der Waals surface area contributed by atoms with Crippen molar-refractivity contribution in [2.24, 2.45) is 0 Å². The second-order valence-electron chi connectivity index (χ2n) is 32.7. The molecule has 2 N–H and O–H groups in total. The minimum atomic E-state index is -0.958. The van der Waals surface area contributed by atoms with E-state index in [1.54, 1.807) is 74.9 Å². The third kappa shape index (κ3) is 19.0. The van der Waals surface area contributed by atoms with E-state index in [4.69, 9.17) is 57.0 Å². The molecule has 0 saturated carbocycles. The van der Waals surface area contributed by atoms with Gasteiger partial charge in [0, 0.05) is 141 Å². The van der Waals surface area contributed by atoms with Gasteiger partial charge < -0.3 is 65.5 Å². The van der Waals surface area contributed by atoms with Crippen LogP contribution in [-0.2, 0) is 35.7 Å². The average molecular weight is 1810 g/mol. The normalized spacial score (nSPS) is 11.2. The number of ether oxygens (including phenoxy) is 4. The van der Waals surface area contributed by atoms with Gasteiger partial charge in [0.15, 0.2) is 0 Å². The Morgan fingerprint density at radius 2 is 0.566 bits per heavy atom. The maximum absolute atomic E-state index is 11.9. The van der Waals surface area contributed by atoms with Crippen molar-refractivity contribution in [2.75, 3.05) is 28.4 Å². The molecular formula is C106H92N16O14. The molecule has 16 aromatic heterocycles. The smallest absolute Gasteiger partial charge is 0.337 e. The van der Waals surface area contributed by atoms with Gasteiger partial charge in [-0.3, -0.25) is 29.9 Å². The molecule has 0 aliphatic heterocycles. The standard InChI is InChI=1S/C27H24N4O4.C27H24N4O3.C26H22N4O4.C26H22N4O3/c1-16-25(17(2)35-30-16)20-12-23-26(28-13-20)22(18-8-10-19(11-9-18)27(32)34-4)15-31(23)14-21-6-5-7-24(29-21)33-3;1-16-5-10-22(28-12-16)14-31-15-23(19-6-8-20(9-7-19)27(32)33-4)26-24(31)11-21(13-29-26)25-17(2)30-34-18(25)3;1-15-24(16(2)34-29-15)19-11-22-25(27-12-19)21(17-7-9-18(10-8-17)26(31)32)14-30(22)13-20-5-4-6-23(28-20)33-3;1-15-4-9-21(27-11-15)13-30-14-22(18-5-7-19(8-6-18)26(31)32)25-23(30)10-20(12-28-25)24-16(2)29-33-17(24)3/h5-13,15H,14H2,1-4H3;5-13,15H,14H2,1-4H3;4-12,14H,13H2,1-3H3,(H,31,32);4-12,14H,13H2,1-3H3,(H,31,32). The molecule has 0 aliphatic carbocycles. The first-order chi connectivity index (χ1) is 65.8. The molecule has 136 heavy (non-hydrogen) atoms. The van der Waals surface area contributed by atoms with Crippen molar-refractivity contribution in [3.05, 3.63) is 346 Å². The van der Waals surface area contributed by atoms with E-state index in [1.807, 2.05) is 210 Å². The maximum Gasteiger partial charge on any atom is 0.337 e. The molecule has 0 saturated heterocycles. The van der Waals surface area contributed by atoms with Crippen molar-refractivity contribution < 1.29 is 66.4 Å². The largest absolute Gasteiger partial charge is 0.481 e. The van der Waals surface area contributed by atoms with Crippen LogP contribution in [-0.4, -0.2) is 141 Å². The lowest BCUT2D eigenvalue weighted by atomic mass is 10.0. The van der Waals surface area contributed by atoms with Crippen molar-refractivity contribution in [3.63, 3.8) is 0 Å². The highest BCUT2D eigenvalue weighted by Gasteiger charge is 2.25. The number of aromatic nitrogens is 16. The highest BCUT2D eigenvalue weighted by Crippen LogP contribution is 2.41. The number of benzene rings is 4. The molecule has 30 nitrogen and oxygen atoms in total. The number of carboxylic acids is 2. The molecule has 0 amide bonds. The maximum atomic E-state index is 11.9. The van der Waals surface area contributed by atoms with Gasteiger partial charge in [-0.1, -0.05) is 93.4 Å². The summed E-state index contributed by atoms with van der Waals surface area (Å²) in [5.74, 6) is 1.46. The Morgan fingerprint density at radius 1 is 0.301 bits per heavy atom. The van der Waals surface area contributed by atoms with Crippen LogP contribution in [0.15, 0.2) is 262 Å². The topological polar surface area (TPSA) is 373 Å². The zero-order valence-electron chi connectivity index (χ0n) is 76.9. The molecule has 4 aromatic carbocycles. The second-order valence-corrected chi connectivity index (χ2v) is 32.7. The van der Waals surface area contributed by atoms with Crippen LogP contribution in [0.4, 0.5) is 0 Å². The van der Waals surface area contributed by atoms with Crippen LogP contribution in [0.2, 0.25) is 0 Å². The second kappa shape index (κ2) is 38.9. The first kappa shape index (κ1) is 90.5. The Hall–Kier alpha value is -17.4. The number of hydrogen-bond donors (Lipinski definition) is 2. The number of nitrogens with zero attached hydrogens (tertiary/aromatic N) is 16.